The summed E-state index contributed by atoms with van der Waals surface area (Å²) in [4.78, 5) is 2.37. The summed E-state index contributed by atoms with van der Waals surface area (Å²) < 4.78 is 13.2. The first-order valence-electron chi connectivity index (χ1n) is 6.37. The van der Waals surface area contributed by atoms with Gasteiger partial charge >= 0.3 is 0 Å². The molecular weight excluding hydrogens is 215 g/mol. The third-order valence-electron chi connectivity index (χ3n) is 3.69. The predicted octanol–water partition coefficient (Wildman–Crippen LogP) is 2.91. The van der Waals surface area contributed by atoms with E-state index in [1.54, 1.807) is 6.07 Å². The van der Waals surface area contributed by atoms with Crippen LogP contribution in [0.4, 0.5) is 10.1 Å². The van der Waals surface area contributed by atoms with Crippen molar-refractivity contribution in [2.45, 2.75) is 39.3 Å². The number of hydrogen-bond donors (Lipinski definition) is 1. The summed E-state index contributed by atoms with van der Waals surface area (Å²) in [5, 5.41) is 0. The second-order valence-corrected chi connectivity index (χ2v) is 5.16. The van der Waals surface area contributed by atoms with E-state index in [9.17, 15) is 4.39 Å². The Kier molecular flexibility index (Phi) is 3.67. The topological polar surface area (TPSA) is 29.3 Å². The average molecular weight is 236 g/mol. The second-order valence-electron chi connectivity index (χ2n) is 5.16. The van der Waals surface area contributed by atoms with Gasteiger partial charge in [0.2, 0.25) is 0 Å². The number of hydrogen-bond acceptors (Lipinski definition) is 2. The van der Waals surface area contributed by atoms with E-state index in [-0.39, 0.29) is 5.82 Å². The monoisotopic (exact) mass is 236 g/mol. The Balaban J connectivity index is 2.31. The summed E-state index contributed by atoms with van der Waals surface area (Å²) >= 11 is 0. The van der Waals surface area contributed by atoms with Crippen LogP contribution in [-0.4, -0.2) is 12.6 Å². The molecule has 0 spiro atoms. The van der Waals surface area contributed by atoms with Crippen LogP contribution in [0.1, 0.15) is 32.3 Å². The Bertz CT molecular complexity index is 392. The maximum Gasteiger partial charge on any atom is 0.123 e. The zero-order valence-corrected chi connectivity index (χ0v) is 10.6. The van der Waals surface area contributed by atoms with E-state index in [1.807, 2.05) is 6.07 Å². The Morgan fingerprint density at radius 3 is 2.82 bits per heavy atom. The highest BCUT2D eigenvalue weighted by atomic mass is 19.1. The smallest absolute Gasteiger partial charge is 0.123 e. The van der Waals surface area contributed by atoms with Crippen LogP contribution in [0.25, 0.3) is 0 Å². The van der Waals surface area contributed by atoms with Crippen LogP contribution in [0.5, 0.6) is 0 Å². The van der Waals surface area contributed by atoms with Crippen molar-refractivity contribution >= 4 is 5.69 Å². The lowest BCUT2D eigenvalue weighted by Gasteiger charge is -2.39. The highest BCUT2D eigenvalue weighted by Gasteiger charge is 2.24. The Morgan fingerprint density at radius 1 is 1.35 bits per heavy atom. The summed E-state index contributed by atoms with van der Waals surface area (Å²) in [5.74, 6) is 0.494. The number of nitrogens with two attached hydrogens (primary N) is 1. The molecule has 1 aromatic rings. The zero-order valence-electron chi connectivity index (χ0n) is 10.6. The second kappa shape index (κ2) is 5.05. The van der Waals surface area contributed by atoms with Crippen LogP contribution in [0.3, 0.4) is 0 Å². The molecule has 1 fully saturated rings. The first-order valence-corrected chi connectivity index (χ1v) is 6.37. The molecule has 94 valence electrons. The molecular formula is C14H21FN2. The van der Waals surface area contributed by atoms with E-state index in [0.29, 0.717) is 18.5 Å². The average Bonchev–Trinajstić information content (AvgIpc) is 2.32. The number of piperidine rings is 1. The van der Waals surface area contributed by atoms with Crippen molar-refractivity contribution in [3.05, 3.63) is 29.6 Å². The highest BCUT2D eigenvalue weighted by molar-refractivity contribution is 5.55. The lowest BCUT2D eigenvalue weighted by Crippen LogP contribution is -2.41. The molecule has 0 bridgehead atoms. The molecule has 1 aliphatic rings. The van der Waals surface area contributed by atoms with Gasteiger partial charge in [-0.05, 0) is 49.4 Å². The summed E-state index contributed by atoms with van der Waals surface area (Å²) in [6.45, 7) is 5.94. The van der Waals surface area contributed by atoms with Gasteiger partial charge in [-0.25, -0.2) is 4.39 Å². The Hall–Kier alpha value is -1.09. The number of anilines is 1. The highest BCUT2D eigenvalue weighted by Crippen LogP contribution is 2.30. The molecule has 2 unspecified atom stereocenters. The molecule has 1 aromatic carbocycles. The van der Waals surface area contributed by atoms with Crippen molar-refractivity contribution in [3.8, 4) is 0 Å². The van der Waals surface area contributed by atoms with Gasteiger partial charge < -0.3 is 10.6 Å². The van der Waals surface area contributed by atoms with Gasteiger partial charge in [-0.1, -0.05) is 6.92 Å². The Labute approximate surface area is 103 Å². The molecule has 0 saturated carbocycles. The lowest BCUT2D eigenvalue weighted by molar-refractivity contribution is 0.389. The van der Waals surface area contributed by atoms with E-state index in [2.05, 4.69) is 18.7 Å². The lowest BCUT2D eigenvalue weighted by atomic mass is 9.93. The first kappa shape index (κ1) is 12.4. The summed E-state index contributed by atoms with van der Waals surface area (Å²) in [7, 11) is 0. The van der Waals surface area contributed by atoms with Crippen LogP contribution in [0.15, 0.2) is 18.2 Å². The predicted molar refractivity (Wildman–Crippen MR) is 69.5 cm³/mol. The maximum atomic E-state index is 13.2. The molecule has 1 aliphatic heterocycles. The molecule has 0 aromatic heterocycles. The Morgan fingerprint density at radius 2 is 2.12 bits per heavy atom. The molecule has 0 amide bonds. The fourth-order valence-corrected chi connectivity index (χ4v) is 2.62. The van der Waals surface area contributed by atoms with Crippen LogP contribution in [0.2, 0.25) is 0 Å². The normalized spacial score (nSPS) is 25.1. The van der Waals surface area contributed by atoms with Gasteiger partial charge in [-0.15, -0.1) is 0 Å². The van der Waals surface area contributed by atoms with Crippen molar-refractivity contribution < 1.29 is 4.39 Å². The largest absolute Gasteiger partial charge is 0.368 e. The molecule has 1 saturated heterocycles. The van der Waals surface area contributed by atoms with E-state index in [0.717, 1.165) is 17.8 Å². The van der Waals surface area contributed by atoms with E-state index >= 15 is 0 Å². The van der Waals surface area contributed by atoms with Crippen LogP contribution >= 0.6 is 0 Å². The van der Waals surface area contributed by atoms with Crippen molar-refractivity contribution in [1.82, 2.24) is 0 Å². The van der Waals surface area contributed by atoms with Crippen LogP contribution < -0.4 is 10.6 Å². The fraction of sp³-hybridized carbons (Fsp3) is 0.571. The molecule has 2 nitrogen and oxygen atoms in total. The third-order valence-corrected chi connectivity index (χ3v) is 3.69. The van der Waals surface area contributed by atoms with Gasteiger partial charge in [0, 0.05) is 24.8 Å². The van der Waals surface area contributed by atoms with Gasteiger partial charge in [-0.2, -0.15) is 0 Å². The van der Waals surface area contributed by atoms with Gasteiger partial charge in [-0.3, -0.25) is 0 Å². The minimum atomic E-state index is -0.202. The fourth-order valence-electron chi connectivity index (χ4n) is 2.62. The summed E-state index contributed by atoms with van der Waals surface area (Å²) in [5.41, 5.74) is 7.73. The molecule has 2 N–H and O–H groups in total. The molecule has 2 atom stereocenters. The van der Waals surface area contributed by atoms with E-state index < -0.39 is 0 Å². The van der Waals surface area contributed by atoms with Crippen molar-refractivity contribution in [2.75, 3.05) is 11.4 Å². The van der Waals surface area contributed by atoms with Gasteiger partial charge in [0.15, 0.2) is 0 Å². The number of halogens is 1. The standard InChI is InChI=1S/C14H21FN2/c1-10-3-4-11(2)17(9-10)14-6-5-13(15)7-12(14)8-16/h5-7,10-11H,3-4,8-9,16H2,1-2H3. The molecule has 3 heteroatoms. The zero-order chi connectivity index (χ0) is 12.4. The van der Waals surface area contributed by atoms with Crippen molar-refractivity contribution in [1.29, 1.82) is 0 Å². The van der Waals surface area contributed by atoms with Crippen molar-refractivity contribution in [3.63, 3.8) is 0 Å². The molecule has 1 heterocycles. The molecule has 0 radical (unpaired) electrons. The summed E-state index contributed by atoms with van der Waals surface area (Å²) in [6.07, 6.45) is 2.47. The summed E-state index contributed by atoms with van der Waals surface area (Å²) in [6, 6.07) is 5.47. The van der Waals surface area contributed by atoms with E-state index in [1.165, 1.54) is 18.9 Å². The van der Waals surface area contributed by atoms with Crippen LogP contribution in [0, 0.1) is 11.7 Å². The van der Waals surface area contributed by atoms with Gasteiger partial charge in [0.25, 0.3) is 0 Å². The maximum absolute atomic E-state index is 13.2. The third kappa shape index (κ3) is 2.60. The number of nitrogens with zero attached hydrogens (tertiary/aromatic N) is 1. The molecule has 2 rings (SSSR count). The first-order chi connectivity index (χ1) is 8.11. The quantitative estimate of drug-likeness (QED) is 0.855. The molecule has 17 heavy (non-hydrogen) atoms. The van der Waals surface area contributed by atoms with Crippen molar-refractivity contribution in [2.24, 2.45) is 11.7 Å². The van der Waals surface area contributed by atoms with Gasteiger partial charge in [0.05, 0.1) is 0 Å². The number of rotatable bonds is 2. The van der Waals surface area contributed by atoms with Gasteiger partial charge in [0.1, 0.15) is 5.82 Å². The number of benzene rings is 1. The minimum Gasteiger partial charge on any atom is -0.368 e. The van der Waals surface area contributed by atoms with Crippen LogP contribution in [-0.2, 0) is 6.54 Å². The SMILES string of the molecule is CC1CCC(C)N(c2ccc(F)cc2CN)C1. The minimum absolute atomic E-state index is 0.202. The molecule has 0 aliphatic carbocycles. The van der Waals surface area contributed by atoms with E-state index in [4.69, 9.17) is 5.73 Å².